The van der Waals surface area contributed by atoms with Crippen molar-refractivity contribution in [3.8, 4) is 5.75 Å². The zero-order valence-corrected chi connectivity index (χ0v) is 17.9. The van der Waals surface area contributed by atoms with Crippen molar-refractivity contribution in [2.75, 3.05) is 39.8 Å². The summed E-state index contributed by atoms with van der Waals surface area (Å²) in [5, 5.41) is 0. The summed E-state index contributed by atoms with van der Waals surface area (Å²) in [6, 6.07) is 14.2. The molecule has 0 spiro atoms. The monoisotopic (exact) mass is 408 g/mol. The van der Waals surface area contributed by atoms with Gasteiger partial charge in [-0.05, 0) is 55.6 Å². The van der Waals surface area contributed by atoms with Crippen molar-refractivity contribution in [3.63, 3.8) is 0 Å². The van der Waals surface area contributed by atoms with Crippen LogP contribution in [-0.4, -0.2) is 71.5 Å². The predicted molar refractivity (Wildman–Crippen MR) is 117 cm³/mol. The SMILES string of the molecule is COc1cccc(CN2CCC[C@@H]2C(=O)N2CCCN(Cc3ccccn3)CC2)c1. The van der Waals surface area contributed by atoms with Gasteiger partial charge in [-0.25, -0.2) is 0 Å². The van der Waals surface area contributed by atoms with E-state index in [0.717, 1.165) is 76.5 Å². The van der Waals surface area contributed by atoms with E-state index in [2.05, 4.69) is 37.9 Å². The van der Waals surface area contributed by atoms with E-state index >= 15 is 0 Å². The van der Waals surface area contributed by atoms with Crippen LogP contribution in [0.4, 0.5) is 0 Å². The van der Waals surface area contributed by atoms with Crippen LogP contribution in [0.3, 0.4) is 0 Å². The average molecular weight is 409 g/mol. The Hall–Kier alpha value is -2.44. The van der Waals surface area contributed by atoms with Gasteiger partial charge in [-0.1, -0.05) is 18.2 Å². The summed E-state index contributed by atoms with van der Waals surface area (Å²) in [6.07, 6.45) is 4.90. The minimum Gasteiger partial charge on any atom is -0.497 e. The third kappa shape index (κ3) is 5.18. The zero-order valence-electron chi connectivity index (χ0n) is 17.9. The summed E-state index contributed by atoms with van der Waals surface area (Å²) >= 11 is 0. The third-order valence-electron chi connectivity index (χ3n) is 6.18. The number of benzene rings is 1. The van der Waals surface area contributed by atoms with Crippen LogP contribution in [0.5, 0.6) is 5.75 Å². The van der Waals surface area contributed by atoms with Crippen LogP contribution < -0.4 is 4.74 Å². The summed E-state index contributed by atoms with van der Waals surface area (Å²) in [7, 11) is 1.69. The van der Waals surface area contributed by atoms with Gasteiger partial charge in [0.15, 0.2) is 0 Å². The van der Waals surface area contributed by atoms with E-state index in [-0.39, 0.29) is 6.04 Å². The molecule has 2 aromatic rings. The summed E-state index contributed by atoms with van der Waals surface area (Å²) in [5.41, 5.74) is 2.30. The number of hydrogen-bond acceptors (Lipinski definition) is 5. The molecule has 2 fully saturated rings. The summed E-state index contributed by atoms with van der Waals surface area (Å²) in [5.74, 6) is 1.17. The van der Waals surface area contributed by atoms with Gasteiger partial charge in [0, 0.05) is 45.5 Å². The number of aromatic nitrogens is 1. The van der Waals surface area contributed by atoms with Gasteiger partial charge in [0.05, 0.1) is 18.8 Å². The first-order valence-electron chi connectivity index (χ1n) is 11.0. The second kappa shape index (κ2) is 10.0. The molecular formula is C24H32N4O2. The molecular weight excluding hydrogens is 376 g/mol. The maximum atomic E-state index is 13.4. The highest BCUT2D eigenvalue weighted by atomic mass is 16.5. The van der Waals surface area contributed by atoms with Crippen molar-refractivity contribution >= 4 is 5.91 Å². The van der Waals surface area contributed by atoms with E-state index in [1.165, 1.54) is 5.56 Å². The Bertz CT molecular complexity index is 829. The molecule has 1 amide bonds. The Morgan fingerprint density at radius 2 is 1.97 bits per heavy atom. The number of pyridine rings is 1. The van der Waals surface area contributed by atoms with Gasteiger partial charge < -0.3 is 9.64 Å². The lowest BCUT2D eigenvalue weighted by Crippen LogP contribution is -2.46. The first-order chi connectivity index (χ1) is 14.7. The zero-order chi connectivity index (χ0) is 20.8. The lowest BCUT2D eigenvalue weighted by Gasteiger charge is -2.30. The maximum absolute atomic E-state index is 13.4. The standard InChI is InChI=1S/C24H32N4O2/c1-30-22-9-4-7-20(17-22)18-28-13-5-10-23(28)24(29)27-14-6-12-26(15-16-27)19-21-8-2-3-11-25-21/h2-4,7-9,11,17,23H,5-6,10,12-16,18-19H2,1H3/t23-/m1/s1. The molecule has 0 bridgehead atoms. The van der Waals surface area contributed by atoms with Crippen molar-refractivity contribution in [1.82, 2.24) is 19.7 Å². The minimum atomic E-state index is -0.00135. The molecule has 0 saturated carbocycles. The Morgan fingerprint density at radius 1 is 1.03 bits per heavy atom. The van der Waals surface area contributed by atoms with Gasteiger partial charge in [-0.3, -0.25) is 19.6 Å². The van der Waals surface area contributed by atoms with Gasteiger partial charge in [0.1, 0.15) is 5.75 Å². The Kier molecular flexibility index (Phi) is 6.97. The summed E-state index contributed by atoms with van der Waals surface area (Å²) in [4.78, 5) is 24.7. The molecule has 160 valence electrons. The molecule has 0 unspecified atom stereocenters. The molecule has 6 nitrogen and oxygen atoms in total. The highest BCUT2D eigenvalue weighted by molar-refractivity contribution is 5.82. The summed E-state index contributed by atoms with van der Waals surface area (Å²) < 4.78 is 5.35. The van der Waals surface area contributed by atoms with Crippen molar-refractivity contribution in [2.24, 2.45) is 0 Å². The largest absolute Gasteiger partial charge is 0.497 e. The average Bonchev–Trinajstić information content (AvgIpc) is 3.11. The van der Waals surface area contributed by atoms with Crippen LogP contribution in [0.25, 0.3) is 0 Å². The molecule has 2 saturated heterocycles. The van der Waals surface area contributed by atoms with Crippen molar-refractivity contribution < 1.29 is 9.53 Å². The van der Waals surface area contributed by atoms with E-state index in [4.69, 9.17) is 4.74 Å². The molecule has 0 N–H and O–H groups in total. The lowest BCUT2D eigenvalue weighted by molar-refractivity contribution is -0.136. The Labute approximate surface area is 179 Å². The topological polar surface area (TPSA) is 48.9 Å². The fourth-order valence-corrected chi connectivity index (χ4v) is 4.58. The Balaban J connectivity index is 1.34. The number of likely N-dealkylation sites (tertiary alicyclic amines) is 1. The second-order valence-corrected chi connectivity index (χ2v) is 8.26. The van der Waals surface area contributed by atoms with Crippen LogP contribution in [0.2, 0.25) is 0 Å². The molecule has 3 heterocycles. The number of carbonyl (C=O) groups excluding carboxylic acids is 1. The third-order valence-corrected chi connectivity index (χ3v) is 6.18. The molecule has 1 aromatic heterocycles. The molecule has 4 rings (SSSR count). The molecule has 0 radical (unpaired) electrons. The number of hydrogen-bond donors (Lipinski definition) is 0. The quantitative estimate of drug-likeness (QED) is 0.736. The van der Waals surface area contributed by atoms with Crippen LogP contribution in [0.1, 0.15) is 30.5 Å². The Morgan fingerprint density at radius 3 is 2.80 bits per heavy atom. The fourth-order valence-electron chi connectivity index (χ4n) is 4.58. The van der Waals surface area contributed by atoms with E-state index < -0.39 is 0 Å². The normalized spacial score (nSPS) is 20.8. The van der Waals surface area contributed by atoms with Gasteiger partial charge in [-0.2, -0.15) is 0 Å². The number of rotatable bonds is 6. The van der Waals surface area contributed by atoms with Crippen molar-refractivity contribution in [2.45, 2.75) is 38.4 Å². The fraction of sp³-hybridized carbons (Fsp3) is 0.500. The molecule has 1 atom stereocenters. The molecule has 30 heavy (non-hydrogen) atoms. The van der Waals surface area contributed by atoms with Gasteiger partial charge in [0.25, 0.3) is 0 Å². The summed E-state index contributed by atoms with van der Waals surface area (Å²) in [6.45, 7) is 6.20. The molecule has 0 aliphatic carbocycles. The van der Waals surface area contributed by atoms with Crippen molar-refractivity contribution in [3.05, 3.63) is 59.9 Å². The first kappa shape index (κ1) is 20.8. The molecule has 2 aliphatic heterocycles. The van der Waals surface area contributed by atoms with Crippen LogP contribution >= 0.6 is 0 Å². The van der Waals surface area contributed by atoms with E-state index in [1.54, 1.807) is 7.11 Å². The minimum absolute atomic E-state index is 0.00135. The second-order valence-electron chi connectivity index (χ2n) is 8.26. The maximum Gasteiger partial charge on any atom is 0.239 e. The van der Waals surface area contributed by atoms with Crippen molar-refractivity contribution in [1.29, 1.82) is 0 Å². The lowest BCUT2D eigenvalue weighted by atomic mass is 10.1. The smallest absolute Gasteiger partial charge is 0.239 e. The van der Waals surface area contributed by atoms with Gasteiger partial charge in [0.2, 0.25) is 5.91 Å². The first-order valence-corrected chi connectivity index (χ1v) is 11.0. The van der Waals surface area contributed by atoms with Crippen LogP contribution in [0, 0.1) is 0 Å². The molecule has 2 aliphatic rings. The number of ether oxygens (including phenoxy) is 1. The highest BCUT2D eigenvalue weighted by Gasteiger charge is 2.34. The van der Waals surface area contributed by atoms with Gasteiger partial charge in [-0.15, -0.1) is 0 Å². The number of amides is 1. The number of nitrogens with zero attached hydrogens (tertiary/aromatic N) is 4. The van der Waals surface area contributed by atoms with E-state index in [1.807, 2.05) is 30.5 Å². The van der Waals surface area contributed by atoms with E-state index in [9.17, 15) is 4.79 Å². The van der Waals surface area contributed by atoms with Crippen LogP contribution in [0.15, 0.2) is 48.7 Å². The molecule has 1 aromatic carbocycles. The van der Waals surface area contributed by atoms with Gasteiger partial charge >= 0.3 is 0 Å². The van der Waals surface area contributed by atoms with Crippen LogP contribution in [-0.2, 0) is 17.9 Å². The molecule has 6 heteroatoms. The number of carbonyl (C=O) groups is 1. The number of methoxy groups -OCH3 is 1. The highest BCUT2D eigenvalue weighted by Crippen LogP contribution is 2.24. The van der Waals surface area contributed by atoms with E-state index in [0.29, 0.717) is 5.91 Å². The predicted octanol–water partition coefficient (Wildman–Crippen LogP) is 2.79.